The third-order valence-electron chi connectivity index (χ3n) is 5.11. The number of halogens is 2. The summed E-state index contributed by atoms with van der Waals surface area (Å²) in [6, 6.07) is 13.6. The SMILES string of the molecule is CCNC(=NCc1cccc(COC2CCOCC2)c1)NCc1ccc(C)c(F)c1.I. The lowest BCUT2D eigenvalue weighted by molar-refractivity contribution is -0.0390. The predicted molar refractivity (Wildman–Crippen MR) is 133 cm³/mol. The fourth-order valence-corrected chi connectivity index (χ4v) is 3.32. The van der Waals surface area contributed by atoms with Crippen molar-refractivity contribution in [1.29, 1.82) is 0 Å². The molecule has 0 amide bonds. The summed E-state index contributed by atoms with van der Waals surface area (Å²) in [5.41, 5.74) is 3.82. The van der Waals surface area contributed by atoms with E-state index in [4.69, 9.17) is 9.47 Å². The highest BCUT2D eigenvalue weighted by Gasteiger charge is 2.14. The molecule has 0 spiro atoms. The number of ether oxygens (including phenoxy) is 2. The first kappa shape index (κ1) is 25.5. The molecule has 170 valence electrons. The molecular formula is C24H33FIN3O2. The zero-order chi connectivity index (χ0) is 21.2. The first-order chi connectivity index (χ1) is 14.6. The molecule has 5 nitrogen and oxygen atoms in total. The van der Waals surface area contributed by atoms with Gasteiger partial charge in [0.1, 0.15) is 5.82 Å². The molecule has 1 saturated heterocycles. The summed E-state index contributed by atoms with van der Waals surface area (Å²) in [6.45, 7) is 7.80. The standard InChI is InChI=1S/C24H32FN3O2.HI/c1-3-26-24(28-16-20-8-7-18(2)23(25)14-20)27-15-19-5-4-6-21(13-19)17-30-22-9-11-29-12-10-22;/h4-8,13-14,22H,3,9-12,15-17H2,1-2H3,(H2,26,27,28);1H. The van der Waals surface area contributed by atoms with Gasteiger partial charge in [0, 0.05) is 26.3 Å². The summed E-state index contributed by atoms with van der Waals surface area (Å²) < 4.78 is 25.2. The summed E-state index contributed by atoms with van der Waals surface area (Å²) in [4.78, 5) is 4.67. The van der Waals surface area contributed by atoms with Crippen LogP contribution in [0.5, 0.6) is 0 Å². The number of guanidine groups is 1. The second-order valence-electron chi connectivity index (χ2n) is 7.57. The van der Waals surface area contributed by atoms with Gasteiger partial charge in [-0.25, -0.2) is 9.38 Å². The number of hydrogen-bond acceptors (Lipinski definition) is 3. The quantitative estimate of drug-likeness (QED) is 0.289. The van der Waals surface area contributed by atoms with Gasteiger partial charge in [0.2, 0.25) is 0 Å². The minimum absolute atomic E-state index is 0. The van der Waals surface area contributed by atoms with Crippen LogP contribution < -0.4 is 10.6 Å². The molecule has 2 aromatic rings. The van der Waals surface area contributed by atoms with Crippen molar-refractivity contribution in [3.8, 4) is 0 Å². The molecule has 2 N–H and O–H groups in total. The highest BCUT2D eigenvalue weighted by molar-refractivity contribution is 14.0. The Balaban J connectivity index is 0.00000341. The number of benzene rings is 2. The lowest BCUT2D eigenvalue weighted by Gasteiger charge is -2.22. The fourth-order valence-electron chi connectivity index (χ4n) is 3.32. The molecule has 2 aromatic carbocycles. The Kier molecular flexibility index (Phi) is 11.2. The van der Waals surface area contributed by atoms with E-state index in [9.17, 15) is 4.39 Å². The van der Waals surface area contributed by atoms with E-state index in [-0.39, 0.29) is 35.9 Å². The van der Waals surface area contributed by atoms with Crippen LogP contribution in [0.15, 0.2) is 47.5 Å². The number of nitrogens with one attached hydrogen (secondary N) is 2. The van der Waals surface area contributed by atoms with E-state index in [2.05, 4.69) is 33.8 Å². The maximum Gasteiger partial charge on any atom is 0.191 e. The fraction of sp³-hybridized carbons (Fsp3) is 0.458. The monoisotopic (exact) mass is 541 g/mol. The first-order valence-electron chi connectivity index (χ1n) is 10.7. The van der Waals surface area contributed by atoms with Crippen LogP contribution in [0, 0.1) is 12.7 Å². The van der Waals surface area contributed by atoms with Crippen LogP contribution in [-0.4, -0.2) is 31.8 Å². The molecular weight excluding hydrogens is 508 g/mol. The zero-order valence-electron chi connectivity index (χ0n) is 18.3. The van der Waals surface area contributed by atoms with Crippen molar-refractivity contribution >= 4 is 29.9 Å². The number of rotatable bonds is 8. The minimum Gasteiger partial charge on any atom is -0.381 e. The summed E-state index contributed by atoms with van der Waals surface area (Å²) in [5, 5.41) is 6.51. The average molecular weight is 541 g/mol. The molecule has 1 heterocycles. The molecule has 1 fully saturated rings. The molecule has 0 atom stereocenters. The Morgan fingerprint density at radius 3 is 2.61 bits per heavy atom. The second kappa shape index (κ2) is 13.6. The van der Waals surface area contributed by atoms with Crippen LogP contribution >= 0.6 is 24.0 Å². The van der Waals surface area contributed by atoms with Gasteiger partial charge in [-0.3, -0.25) is 0 Å². The van der Waals surface area contributed by atoms with Gasteiger partial charge in [-0.05, 0) is 55.0 Å². The zero-order valence-corrected chi connectivity index (χ0v) is 20.7. The van der Waals surface area contributed by atoms with Crippen LogP contribution in [0.1, 0.15) is 42.0 Å². The van der Waals surface area contributed by atoms with Crippen molar-refractivity contribution in [2.45, 2.75) is 52.5 Å². The summed E-state index contributed by atoms with van der Waals surface area (Å²) in [5.74, 6) is 0.526. The molecule has 1 aliphatic heterocycles. The Hall–Kier alpha value is -1.71. The Bertz CT molecular complexity index is 841. The van der Waals surface area contributed by atoms with Crippen molar-refractivity contribution in [3.05, 3.63) is 70.5 Å². The number of aliphatic imine (C=N–C) groups is 1. The van der Waals surface area contributed by atoms with E-state index in [0.29, 0.717) is 31.2 Å². The Morgan fingerprint density at radius 2 is 1.87 bits per heavy atom. The third-order valence-corrected chi connectivity index (χ3v) is 5.11. The molecule has 0 aromatic heterocycles. The van der Waals surface area contributed by atoms with E-state index in [1.165, 1.54) is 0 Å². The van der Waals surface area contributed by atoms with Crippen molar-refractivity contribution < 1.29 is 13.9 Å². The van der Waals surface area contributed by atoms with Crippen LogP contribution in [0.3, 0.4) is 0 Å². The highest BCUT2D eigenvalue weighted by Crippen LogP contribution is 2.15. The molecule has 0 saturated carbocycles. The van der Waals surface area contributed by atoms with Crippen LogP contribution in [0.4, 0.5) is 4.39 Å². The molecule has 1 aliphatic rings. The highest BCUT2D eigenvalue weighted by atomic mass is 127. The first-order valence-corrected chi connectivity index (χ1v) is 10.7. The number of nitrogens with zero attached hydrogens (tertiary/aromatic N) is 1. The van der Waals surface area contributed by atoms with Gasteiger partial charge < -0.3 is 20.1 Å². The van der Waals surface area contributed by atoms with E-state index >= 15 is 0 Å². The third kappa shape index (κ3) is 8.74. The predicted octanol–water partition coefficient (Wildman–Crippen LogP) is 4.70. The minimum atomic E-state index is -0.184. The van der Waals surface area contributed by atoms with Gasteiger partial charge in [-0.15, -0.1) is 24.0 Å². The van der Waals surface area contributed by atoms with Gasteiger partial charge >= 0.3 is 0 Å². The molecule has 0 unspecified atom stereocenters. The van der Waals surface area contributed by atoms with E-state index in [1.54, 1.807) is 19.1 Å². The molecule has 0 bridgehead atoms. The van der Waals surface area contributed by atoms with Gasteiger partial charge in [0.05, 0.1) is 19.3 Å². The Morgan fingerprint density at radius 1 is 1.10 bits per heavy atom. The summed E-state index contributed by atoms with van der Waals surface area (Å²) in [6.07, 6.45) is 2.22. The van der Waals surface area contributed by atoms with Crippen LogP contribution in [0.25, 0.3) is 0 Å². The topological polar surface area (TPSA) is 54.9 Å². The maximum atomic E-state index is 13.8. The summed E-state index contributed by atoms with van der Waals surface area (Å²) in [7, 11) is 0. The van der Waals surface area contributed by atoms with Crippen molar-refractivity contribution in [2.75, 3.05) is 19.8 Å². The van der Waals surface area contributed by atoms with Crippen molar-refractivity contribution in [3.63, 3.8) is 0 Å². The van der Waals surface area contributed by atoms with E-state index < -0.39 is 0 Å². The lowest BCUT2D eigenvalue weighted by Crippen LogP contribution is -2.36. The maximum absolute atomic E-state index is 13.8. The normalized spacial score (nSPS) is 14.7. The lowest BCUT2D eigenvalue weighted by atomic mass is 10.1. The van der Waals surface area contributed by atoms with Crippen molar-refractivity contribution in [2.24, 2.45) is 4.99 Å². The van der Waals surface area contributed by atoms with E-state index in [0.717, 1.165) is 49.3 Å². The molecule has 7 heteroatoms. The van der Waals surface area contributed by atoms with Gasteiger partial charge in [-0.2, -0.15) is 0 Å². The summed E-state index contributed by atoms with van der Waals surface area (Å²) >= 11 is 0. The largest absolute Gasteiger partial charge is 0.381 e. The van der Waals surface area contributed by atoms with Gasteiger partial charge in [0.25, 0.3) is 0 Å². The van der Waals surface area contributed by atoms with Crippen LogP contribution in [0.2, 0.25) is 0 Å². The smallest absolute Gasteiger partial charge is 0.191 e. The molecule has 0 aliphatic carbocycles. The average Bonchev–Trinajstić information content (AvgIpc) is 2.77. The number of aryl methyl sites for hydroxylation is 1. The second-order valence-corrected chi connectivity index (χ2v) is 7.57. The van der Waals surface area contributed by atoms with Crippen molar-refractivity contribution in [1.82, 2.24) is 10.6 Å². The Labute approximate surface area is 201 Å². The van der Waals surface area contributed by atoms with E-state index in [1.807, 2.05) is 19.1 Å². The van der Waals surface area contributed by atoms with Gasteiger partial charge in [0.15, 0.2) is 5.96 Å². The molecule has 3 rings (SSSR count). The number of hydrogen-bond donors (Lipinski definition) is 2. The molecule has 31 heavy (non-hydrogen) atoms. The van der Waals surface area contributed by atoms with Crippen LogP contribution in [-0.2, 0) is 29.2 Å². The molecule has 0 radical (unpaired) electrons. The van der Waals surface area contributed by atoms with Gasteiger partial charge in [-0.1, -0.05) is 36.4 Å².